The number of alkyl halides is 1. The smallest absolute Gasteiger partial charge is 0.251 e. The van der Waals surface area contributed by atoms with Crippen molar-refractivity contribution < 1.29 is 14.6 Å². The van der Waals surface area contributed by atoms with E-state index in [4.69, 9.17) is 4.74 Å². The van der Waals surface area contributed by atoms with E-state index < -0.39 is 0 Å². The molecule has 4 nitrogen and oxygen atoms in total. The Bertz CT molecular complexity index is 414. The second kappa shape index (κ2) is 7.96. The van der Waals surface area contributed by atoms with Gasteiger partial charge in [0.2, 0.25) is 0 Å². The molecule has 0 radical (unpaired) electrons. The number of nitrogens with one attached hydrogen (secondary N) is 1. The van der Waals surface area contributed by atoms with E-state index in [-0.39, 0.29) is 16.5 Å². The zero-order valence-electron chi connectivity index (χ0n) is 9.95. The third-order valence-corrected chi connectivity index (χ3v) is 3.93. The summed E-state index contributed by atoms with van der Waals surface area (Å²) < 4.78 is 5.71. The lowest BCUT2D eigenvalue weighted by Gasteiger charge is -2.09. The molecule has 0 spiro atoms. The van der Waals surface area contributed by atoms with Gasteiger partial charge in [0.05, 0.1) is 10.2 Å². The summed E-state index contributed by atoms with van der Waals surface area (Å²) in [4.78, 5) is 12.0. The lowest BCUT2D eigenvalue weighted by Crippen LogP contribution is -2.26. The lowest BCUT2D eigenvalue weighted by molar-refractivity contribution is 0.0951. The van der Waals surface area contributed by atoms with E-state index in [9.17, 15) is 9.90 Å². The van der Waals surface area contributed by atoms with Crippen LogP contribution in [0.4, 0.5) is 0 Å². The number of benzene rings is 1. The predicted molar refractivity (Wildman–Crippen MR) is 82.4 cm³/mol. The van der Waals surface area contributed by atoms with E-state index in [1.54, 1.807) is 19.2 Å². The average molecular weight is 428 g/mol. The first-order chi connectivity index (χ1) is 8.54. The van der Waals surface area contributed by atoms with Crippen LogP contribution in [0, 0.1) is 3.57 Å². The molecule has 6 heteroatoms. The summed E-state index contributed by atoms with van der Waals surface area (Å²) in [7, 11) is 1.64. The minimum Gasteiger partial charge on any atom is -0.507 e. The Morgan fingerprint density at radius 1 is 1.61 bits per heavy atom. The lowest BCUT2D eigenvalue weighted by atomic mass is 10.2. The molecule has 0 fully saturated rings. The van der Waals surface area contributed by atoms with Gasteiger partial charge in [-0.15, -0.1) is 0 Å². The molecule has 0 bridgehead atoms. The molecular weight excluding hydrogens is 413 g/mol. The van der Waals surface area contributed by atoms with E-state index in [1.165, 1.54) is 6.07 Å². The number of carbonyl (C=O) groups is 1. The van der Waals surface area contributed by atoms with Crippen molar-refractivity contribution in [1.29, 1.82) is 0 Å². The SMILES string of the molecule is COCC(Br)CCNC(=O)c1ccc(I)c(O)c1. The Morgan fingerprint density at radius 2 is 2.33 bits per heavy atom. The van der Waals surface area contributed by atoms with Crippen LogP contribution in [0.2, 0.25) is 0 Å². The van der Waals surface area contributed by atoms with Crippen LogP contribution in [0.25, 0.3) is 0 Å². The van der Waals surface area contributed by atoms with Crippen molar-refractivity contribution in [3.8, 4) is 5.75 Å². The van der Waals surface area contributed by atoms with E-state index in [0.29, 0.717) is 18.7 Å². The Morgan fingerprint density at radius 3 is 2.94 bits per heavy atom. The number of phenolic OH excluding ortho intramolecular Hbond substituents is 1. The van der Waals surface area contributed by atoms with E-state index in [1.807, 2.05) is 22.6 Å². The number of hydrogen-bond acceptors (Lipinski definition) is 3. The van der Waals surface area contributed by atoms with Gasteiger partial charge >= 0.3 is 0 Å². The van der Waals surface area contributed by atoms with Crippen LogP contribution >= 0.6 is 38.5 Å². The minimum absolute atomic E-state index is 0.126. The summed E-state index contributed by atoms with van der Waals surface area (Å²) in [6, 6.07) is 4.87. The van der Waals surface area contributed by atoms with Crippen molar-refractivity contribution in [2.24, 2.45) is 0 Å². The molecule has 0 saturated heterocycles. The Kier molecular flexibility index (Phi) is 6.95. The standard InChI is InChI=1S/C12H15BrINO3/c1-18-7-9(13)4-5-15-12(17)8-2-3-10(14)11(16)6-8/h2-3,6,9,16H,4-5,7H2,1H3,(H,15,17). The minimum atomic E-state index is -0.182. The number of phenols is 1. The number of hydrogen-bond donors (Lipinski definition) is 2. The molecule has 0 aliphatic rings. The van der Waals surface area contributed by atoms with Crippen LogP contribution in [0.3, 0.4) is 0 Å². The van der Waals surface area contributed by atoms with Gasteiger partial charge in [0.1, 0.15) is 5.75 Å². The molecular formula is C12H15BrINO3. The van der Waals surface area contributed by atoms with Crippen LogP contribution in [0.15, 0.2) is 18.2 Å². The van der Waals surface area contributed by atoms with Gasteiger partial charge in [-0.3, -0.25) is 4.79 Å². The van der Waals surface area contributed by atoms with Crippen LogP contribution in [0.5, 0.6) is 5.75 Å². The number of rotatable bonds is 6. The number of carbonyl (C=O) groups excluding carboxylic acids is 1. The molecule has 2 N–H and O–H groups in total. The summed E-state index contributed by atoms with van der Waals surface area (Å²) in [5, 5.41) is 12.3. The van der Waals surface area contributed by atoms with E-state index in [0.717, 1.165) is 9.99 Å². The fourth-order valence-corrected chi connectivity index (χ4v) is 2.19. The molecule has 0 aromatic heterocycles. The maximum atomic E-state index is 11.8. The molecule has 18 heavy (non-hydrogen) atoms. The molecule has 1 aromatic rings. The molecule has 100 valence electrons. The molecule has 0 aliphatic carbocycles. The quantitative estimate of drug-likeness (QED) is 0.541. The topological polar surface area (TPSA) is 58.6 Å². The molecule has 1 amide bonds. The second-order valence-corrected chi connectivity index (χ2v) is 6.22. The molecule has 1 atom stereocenters. The first-order valence-corrected chi connectivity index (χ1v) is 7.43. The van der Waals surface area contributed by atoms with Crippen molar-refractivity contribution in [3.63, 3.8) is 0 Å². The van der Waals surface area contributed by atoms with Gasteiger partial charge in [-0.2, -0.15) is 0 Å². The average Bonchev–Trinajstić information content (AvgIpc) is 2.33. The second-order valence-electron chi connectivity index (χ2n) is 3.76. The summed E-state index contributed by atoms with van der Waals surface area (Å²) in [5.41, 5.74) is 0.464. The molecule has 1 unspecified atom stereocenters. The zero-order valence-corrected chi connectivity index (χ0v) is 13.7. The largest absolute Gasteiger partial charge is 0.507 e. The molecule has 0 heterocycles. The van der Waals surface area contributed by atoms with Crippen LogP contribution in [-0.4, -0.2) is 36.1 Å². The maximum absolute atomic E-state index is 11.8. The van der Waals surface area contributed by atoms with Gasteiger partial charge in [0, 0.05) is 24.0 Å². The van der Waals surface area contributed by atoms with Crippen LogP contribution in [0.1, 0.15) is 16.8 Å². The van der Waals surface area contributed by atoms with Crippen molar-refractivity contribution in [2.75, 3.05) is 20.3 Å². The van der Waals surface area contributed by atoms with Crippen molar-refractivity contribution >= 4 is 44.4 Å². The van der Waals surface area contributed by atoms with Crippen LogP contribution in [-0.2, 0) is 4.74 Å². The van der Waals surface area contributed by atoms with Gasteiger partial charge in [-0.1, -0.05) is 15.9 Å². The summed E-state index contributed by atoms with van der Waals surface area (Å²) in [5.74, 6) is -0.0557. The first kappa shape index (κ1) is 15.7. The normalized spacial score (nSPS) is 12.2. The van der Waals surface area contributed by atoms with Gasteiger partial charge in [0.25, 0.3) is 5.91 Å². The van der Waals surface area contributed by atoms with Gasteiger partial charge < -0.3 is 15.2 Å². The number of methoxy groups -OCH3 is 1. The Hall–Kier alpha value is -0.340. The third kappa shape index (κ3) is 5.11. The molecule has 0 aliphatic heterocycles. The maximum Gasteiger partial charge on any atom is 0.251 e. The zero-order chi connectivity index (χ0) is 13.5. The van der Waals surface area contributed by atoms with Crippen molar-refractivity contribution in [2.45, 2.75) is 11.2 Å². The van der Waals surface area contributed by atoms with E-state index in [2.05, 4.69) is 21.2 Å². The highest BCUT2D eigenvalue weighted by Gasteiger charge is 2.09. The third-order valence-electron chi connectivity index (χ3n) is 2.30. The van der Waals surface area contributed by atoms with Crippen LogP contribution < -0.4 is 5.32 Å². The summed E-state index contributed by atoms with van der Waals surface area (Å²) in [6.45, 7) is 1.17. The Labute approximate surface area is 128 Å². The number of ether oxygens (including phenoxy) is 1. The molecule has 1 rings (SSSR count). The van der Waals surface area contributed by atoms with E-state index >= 15 is 0 Å². The number of aromatic hydroxyl groups is 1. The number of halogens is 2. The van der Waals surface area contributed by atoms with Gasteiger partial charge in [0.15, 0.2) is 0 Å². The van der Waals surface area contributed by atoms with Gasteiger partial charge in [-0.25, -0.2) is 0 Å². The highest BCUT2D eigenvalue weighted by molar-refractivity contribution is 14.1. The van der Waals surface area contributed by atoms with Crippen molar-refractivity contribution in [3.05, 3.63) is 27.3 Å². The summed E-state index contributed by atoms with van der Waals surface area (Å²) >= 11 is 5.46. The molecule has 0 saturated carbocycles. The molecule has 1 aromatic carbocycles. The first-order valence-electron chi connectivity index (χ1n) is 5.44. The van der Waals surface area contributed by atoms with Crippen molar-refractivity contribution in [1.82, 2.24) is 5.32 Å². The monoisotopic (exact) mass is 427 g/mol. The van der Waals surface area contributed by atoms with Gasteiger partial charge in [-0.05, 0) is 47.2 Å². The highest BCUT2D eigenvalue weighted by atomic mass is 127. The fourth-order valence-electron chi connectivity index (χ4n) is 1.36. The highest BCUT2D eigenvalue weighted by Crippen LogP contribution is 2.20. The summed E-state index contributed by atoms with van der Waals surface area (Å²) in [6.07, 6.45) is 0.788. The fraction of sp³-hybridized carbons (Fsp3) is 0.417. The predicted octanol–water partition coefficient (Wildman–Crippen LogP) is 2.53. The number of amides is 1. The Balaban J connectivity index is 2.43.